The first-order valence-corrected chi connectivity index (χ1v) is 3.19. The van der Waals surface area contributed by atoms with E-state index in [0.717, 1.165) is 5.82 Å². The van der Waals surface area contributed by atoms with Crippen molar-refractivity contribution in [2.45, 2.75) is 13.1 Å². The van der Waals surface area contributed by atoms with Crippen LogP contribution in [0, 0.1) is 0 Å². The molecular formula is C6H11N3O. The normalized spacial score (nSPS) is 10.2. The lowest BCUT2D eigenvalue weighted by Crippen LogP contribution is -2.09. The largest absolute Gasteiger partial charge is 0.395 e. The first-order chi connectivity index (χ1) is 4.88. The van der Waals surface area contributed by atoms with Crippen molar-refractivity contribution < 1.29 is 5.11 Å². The van der Waals surface area contributed by atoms with Gasteiger partial charge in [0.25, 0.3) is 0 Å². The molecule has 0 aliphatic heterocycles. The van der Waals surface area contributed by atoms with Crippen LogP contribution in [0.2, 0.25) is 0 Å². The topological polar surface area (TPSA) is 64.1 Å². The van der Waals surface area contributed by atoms with Gasteiger partial charge in [-0.3, -0.25) is 0 Å². The third-order valence-electron chi connectivity index (χ3n) is 1.33. The molecule has 10 heavy (non-hydrogen) atoms. The number of aliphatic hydroxyl groups excluding tert-OH is 1. The Labute approximate surface area is 59.3 Å². The molecule has 1 heterocycles. The van der Waals surface area contributed by atoms with Crippen LogP contribution in [0.25, 0.3) is 0 Å². The van der Waals surface area contributed by atoms with E-state index in [-0.39, 0.29) is 6.61 Å². The first-order valence-electron chi connectivity index (χ1n) is 3.19. The highest BCUT2D eigenvalue weighted by atomic mass is 16.3. The fraction of sp³-hybridized carbons (Fsp3) is 0.500. The van der Waals surface area contributed by atoms with Gasteiger partial charge in [-0.2, -0.15) is 0 Å². The second kappa shape index (κ2) is 3.34. The molecule has 1 aromatic rings. The summed E-state index contributed by atoms with van der Waals surface area (Å²) in [4.78, 5) is 3.98. The van der Waals surface area contributed by atoms with Crippen LogP contribution in [-0.2, 0) is 13.1 Å². The molecule has 1 rings (SSSR count). The maximum absolute atomic E-state index is 8.57. The van der Waals surface area contributed by atoms with Crippen LogP contribution in [0.3, 0.4) is 0 Å². The molecule has 4 nitrogen and oxygen atoms in total. The predicted octanol–water partition coefficient (Wildman–Crippen LogP) is -0.666. The summed E-state index contributed by atoms with van der Waals surface area (Å²) in [6.07, 6.45) is 3.48. The average molecular weight is 141 g/mol. The maximum atomic E-state index is 8.57. The minimum Gasteiger partial charge on any atom is -0.395 e. The van der Waals surface area contributed by atoms with E-state index in [2.05, 4.69) is 4.98 Å². The summed E-state index contributed by atoms with van der Waals surface area (Å²) in [6.45, 7) is 1.13. The highest BCUT2D eigenvalue weighted by Gasteiger charge is 1.96. The van der Waals surface area contributed by atoms with Crippen LogP contribution >= 0.6 is 0 Å². The van der Waals surface area contributed by atoms with Crippen LogP contribution in [0.5, 0.6) is 0 Å². The van der Waals surface area contributed by atoms with Crippen molar-refractivity contribution >= 4 is 0 Å². The quantitative estimate of drug-likeness (QED) is 0.587. The third-order valence-corrected chi connectivity index (χ3v) is 1.33. The maximum Gasteiger partial charge on any atom is 0.122 e. The van der Waals surface area contributed by atoms with Gasteiger partial charge in [0.15, 0.2) is 0 Å². The second-order valence-corrected chi connectivity index (χ2v) is 1.96. The van der Waals surface area contributed by atoms with E-state index >= 15 is 0 Å². The summed E-state index contributed by atoms with van der Waals surface area (Å²) >= 11 is 0. The number of nitrogens with two attached hydrogens (primary N) is 1. The summed E-state index contributed by atoms with van der Waals surface area (Å²) < 4.78 is 1.83. The minimum absolute atomic E-state index is 0.128. The smallest absolute Gasteiger partial charge is 0.122 e. The van der Waals surface area contributed by atoms with E-state index in [1.165, 1.54) is 0 Å². The van der Waals surface area contributed by atoms with Gasteiger partial charge in [0.05, 0.1) is 13.2 Å². The number of rotatable bonds is 3. The van der Waals surface area contributed by atoms with Crippen LogP contribution in [-0.4, -0.2) is 21.3 Å². The molecule has 0 fully saturated rings. The lowest BCUT2D eigenvalue weighted by atomic mass is 10.5. The molecular weight excluding hydrogens is 130 g/mol. The Kier molecular flexibility index (Phi) is 2.42. The van der Waals surface area contributed by atoms with Crippen LogP contribution < -0.4 is 5.73 Å². The molecule has 0 spiro atoms. The summed E-state index contributed by atoms with van der Waals surface area (Å²) in [5.74, 6) is 0.814. The Morgan fingerprint density at radius 3 is 3.10 bits per heavy atom. The zero-order valence-electron chi connectivity index (χ0n) is 5.70. The predicted molar refractivity (Wildman–Crippen MR) is 37.2 cm³/mol. The van der Waals surface area contributed by atoms with E-state index < -0.39 is 0 Å². The zero-order chi connectivity index (χ0) is 7.40. The van der Waals surface area contributed by atoms with E-state index in [9.17, 15) is 0 Å². The molecule has 0 saturated heterocycles. The molecule has 0 atom stereocenters. The number of imidazole rings is 1. The van der Waals surface area contributed by atoms with Gasteiger partial charge in [-0.25, -0.2) is 4.98 Å². The Morgan fingerprint density at radius 2 is 2.50 bits per heavy atom. The average Bonchev–Trinajstić information content (AvgIpc) is 2.36. The molecule has 0 unspecified atom stereocenters. The van der Waals surface area contributed by atoms with Crippen molar-refractivity contribution in [1.29, 1.82) is 0 Å². The van der Waals surface area contributed by atoms with Crippen molar-refractivity contribution in [2.24, 2.45) is 5.73 Å². The van der Waals surface area contributed by atoms with Gasteiger partial charge in [0.1, 0.15) is 5.82 Å². The summed E-state index contributed by atoms with van der Waals surface area (Å²) in [5, 5.41) is 8.57. The Bertz CT molecular complexity index is 197. The third kappa shape index (κ3) is 1.34. The molecule has 0 saturated carbocycles. The summed E-state index contributed by atoms with van der Waals surface area (Å²) in [6, 6.07) is 0. The molecule has 0 bridgehead atoms. The van der Waals surface area contributed by atoms with Gasteiger partial charge in [-0.05, 0) is 0 Å². The Morgan fingerprint density at radius 1 is 1.70 bits per heavy atom. The van der Waals surface area contributed by atoms with Gasteiger partial charge in [0.2, 0.25) is 0 Å². The number of hydrogen-bond donors (Lipinski definition) is 2. The number of nitrogens with zero attached hydrogens (tertiary/aromatic N) is 2. The molecule has 0 aliphatic rings. The van der Waals surface area contributed by atoms with E-state index in [0.29, 0.717) is 13.1 Å². The minimum atomic E-state index is 0.128. The molecule has 0 aromatic carbocycles. The zero-order valence-corrected chi connectivity index (χ0v) is 5.70. The lowest BCUT2D eigenvalue weighted by molar-refractivity contribution is 0.274. The molecule has 0 aliphatic carbocycles. The monoisotopic (exact) mass is 141 g/mol. The van der Waals surface area contributed by atoms with Crippen molar-refractivity contribution in [3.8, 4) is 0 Å². The van der Waals surface area contributed by atoms with Crippen LogP contribution in [0.4, 0.5) is 0 Å². The van der Waals surface area contributed by atoms with Gasteiger partial charge >= 0.3 is 0 Å². The molecule has 1 aromatic heterocycles. The molecule has 0 amide bonds. The second-order valence-electron chi connectivity index (χ2n) is 1.96. The van der Waals surface area contributed by atoms with Gasteiger partial charge in [-0.15, -0.1) is 0 Å². The van der Waals surface area contributed by atoms with Crippen molar-refractivity contribution in [3.05, 3.63) is 18.2 Å². The standard InChI is InChI=1S/C6H11N3O/c7-5-6-8-1-2-9(6)3-4-10/h1-2,10H,3-5,7H2. The van der Waals surface area contributed by atoms with Crippen molar-refractivity contribution in [3.63, 3.8) is 0 Å². The van der Waals surface area contributed by atoms with Crippen molar-refractivity contribution in [1.82, 2.24) is 9.55 Å². The summed E-state index contributed by atoms with van der Waals surface area (Å²) in [5.41, 5.74) is 5.36. The summed E-state index contributed by atoms with van der Waals surface area (Å²) in [7, 11) is 0. The van der Waals surface area contributed by atoms with E-state index in [1.807, 2.05) is 4.57 Å². The number of hydrogen-bond acceptors (Lipinski definition) is 3. The molecule has 56 valence electrons. The molecule has 3 N–H and O–H groups in total. The highest BCUT2D eigenvalue weighted by molar-refractivity contribution is 4.90. The van der Waals surface area contributed by atoms with E-state index in [4.69, 9.17) is 10.8 Å². The number of aliphatic hydroxyl groups is 1. The fourth-order valence-corrected chi connectivity index (χ4v) is 0.841. The fourth-order valence-electron chi connectivity index (χ4n) is 0.841. The van der Waals surface area contributed by atoms with Crippen molar-refractivity contribution in [2.75, 3.05) is 6.61 Å². The molecule has 0 radical (unpaired) electrons. The Hall–Kier alpha value is -0.870. The highest BCUT2D eigenvalue weighted by Crippen LogP contribution is 1.94. The first kappa shape index (κ1) is 7.24. The van der Waals surface area contributed by atoms with E-state index in [1.54, 1.807) is 12.4 Å². The van der Waals surface area contributed by atoms with Gasteiger partial charge < -0.3 is 15.4 Å². The van der Waals surface area contributed by atoms with Crippen LogP contribution in [0.15, 0.2) is 12.4 Å². The Balaban J connectivity index is 2.70. The SMILES string of the molecule is NCc1nccn1CCO. The number of aromatic nitrogens is 2. The lowest BCUT2D eigenvalue weighted by Gasteiger charge is -2.01. The molecule has 4 heteroatoms. The van der Waals surface area contributed by atoms with Crippen LogP contribution in [0.1, 0.15) is 5.82 Å². The van der Waals surface area contributed by atoms with Gasteiger partial charge in [0, 0.05) is 18.9 Å². The van der Waals surface area contributed by atoms with Gasteiger partial charge in [-0.1, -0.05) is 0 Å².